The molecule has 4 N–H and O–H groups in total. The molecule has 0 atom stereocenters. The topological polar surface area (TPSA) is 115 Å². The molecule has 9 heavy (non-hydrogen) atoms. The van der Waals surface area contributed by atoms with Crippen LogP contribution in [-0.2, 0) is 15.8 Å². The monoisotopic (exact) mass is 202 g/mol. The summed E-state index contributed by atoms with van der Waals surface area (Å²) in [7, 11) is -3.13. The summed E-state index contributed by atoms with van der Waals surface area (Å²) in [6.07, 6.45) is 0. The van der Waals surface area contributed by atoms with Crippen molar-refractivity contribution in [2.24, 2.45) is 0 Å². The summed E-state index contributed by atoms with van der Waals surface area (Å²) in [6, 6.07) is 0. The summed E-state index contributed by atoms with van der Waals surface area (Å²) >= 11 is -2.61. The molecule has 0 bridgehead atoms. The van der Waals surface area contributed by atoms with E-state index in [9.17, 15) is 0 Å². The van der Waals surface area contributed by atoms with Crippen LogP contribution in [0, 0.1) is 0 Å². The van der Waals surface area contributed by atoms with Crippen molar-refractivity contribution in [3.8, 4) is 0 Å². The Kier molecular flexibility index (Phi) is 21.5. The van der Waals surface area contributed by atoms with Gasteiger partial charge >= 0.3 is 46.9 Å². The summed E-state index contributed by atoms with van der Waals surface area (Å²) in [6.45, 7) is 0. The van der Waals surface area contributed by atoms with Crippen LogP contribution in [0.25, 0.3) is 0 Å². The summed E-state index contributed by atoms with van der Waals surface area (Å²) < 4.78 is 31.6. The van der Waals surface area contributed by atoms with Crippen molar-refractivity contribution in [3.05, 3.63) is 0 Å². The third-order valence-electron chi connectivity index (χ3n) is 0. The van der Waals surface area contributed by atoms with Crippen molar-refractivity contribution in [2.45, 2.75) is 0 Å². The van der Waals surface area contributed by atoms with Crippen molar-refractivity contribution in [1.29, 1.82) is 0 Å². The van der Waals surface area contributed by atoms with Crippen LogP contribution >= 0.6 is 0 Å². The fraction of sp³-hybridized carbons (Fsp3) is 0. The van der Waals surface area contributed by atoms with Gasteiger partial charge in [-0.2, -0.15) is 4.21 Å². The first-order valence-electron chi connectivity index (χ1n) is 1.18. The van der Waals surface area contributed by atoms with Crippen molar-refractivity contribution in [1.82, 2.24) is 0 Å². The van der Waals surface area contributed by atoms with Crippen LogP contribution in [0.15, 0.2) is 0 Å². The van der Waals surface area contributed by atoms with Gasteiger partial charge in [0.2, 0.25) is 0 Å². The Morgan fingerprint density at radius 2 is 1.22 bits per heavy atom. The average molecular weight is 202 g/mol. The Balaban J connectivity index is -0.0000000720. The third-order valence-corrected chi connectivity index (χ3v) is 0. The molecule has 0 unspecified atom stereocenters. The first kappa shape index (κ1) is 16.5. The molecule has 0 spiro atoms. The standard InChI is InChI=1S/Ca.H2O3S.H2O3Si.2H/c;2*1-4(2)3;;/h;(H2,1,2,3);1-2H;;. The first-order chi connectivity index (χ1) is 3.46. The summed E-state index contributed by atoms with van der Waals surface area (Å²) in [5, 5.41) is 0. The molecule has 0 saturated carbocycles. The molecule has 0 radical (unpaired) electrons. The van der Waals surface area contributed by atoms with E-state index >= 15 is 0 Å². The van der Waals surface area contributed by atoms with E-state index in [1.165, 1.54) is 0 Å². The molecule has 0 amide bonds. The van der Waals surface area contributed by atoms with Crippen LogP contribution < -0.4 is 0 Å². The molecule has 0 fully saturated rings. The molecule has 0 aliphatic carbocycles. The van der Waals surface area contributed by atoms with Crippen LogP contribution in [0.3, 0.4) is 0 Å². The van der Waals surface area contributed by atoms with Gasteiger partial charge in [0.25, 0.3) is 11.4 Å². The van der Waals surface area contributed by atoms with E-state index in [1.54, 1.807) is 0 Å². The van der Waals surface area contributed by atoms with E-state index in [1.807, 2.05) is 0 Å². The van der Waals surface area contributed by atoms with E-state index in [2.05, 4.69) is 0 Å². The number of rotatable bonds is 0. The Morgan fingerprint density at radius 3 is 1.22 bits per heavy atom. The van der Waals surface area contributed by atoms with Gasteiger partial charge in [0, 0.05) is 0 Å². The number of hydrogen-bond donors (Lipinski definition) is 4. The zero-order valence-corrected chi connectivity index (χ0v) is 5.33. The maximum atomic E-state index is 8.74. The summed E-state index contributed by atoms with van der Waals surface area (Å²) in [4.78, 5) is 14.3. The molecule has 6 nitrogen and oxygen atoms in total. The Labute approximate surface area is 84.9 Å². The maximum absolute atomic E-state index is 8.74. The molecule has 0 aromatic heterocycles. The van der Waals surface area contributed by atoms with Gasteiger partial charge in [-0.15, -0.1) is 0 Å². The van der Waals surface area contributed by atoms with E-state index in [0.717, 1.165) is 0 Å². The molecule has 0 aliphatic rings. The molecule has 0 rings (SSSR count). The van der Waals surface area contributed by atoms with E-state index < -0.39 is 20.5 Å². The van der Waals surface area contributed by atoms with Crippen LogP contribution in [0.5, 0.6) is 0 Å². The van der Waals surface area contributed by atoms with Crippen LogP contribution in [-0.4, -0.2) is 69.8 Å². The molecule has 0 aliphatic heterocycles. The Hall–Kier alpha value is 0.947. The van der Waals surface area contributed by atoms with Crippen LogP contribution in [0.2, 0.25) is 0 Å². The van der Waals surface area contributed by atoms with Gasteiger partial charge in [-0.05, 0) is 0 Å². The van der Waals surface area contributed by atoms with E-state index in [4.69, 9.17) is 27.4 Å². The number of hydrogen-bond acceptors (Lipinski definition) is 2. The first-order valence-corrected chi connectivity index (χ1v) is 3.55. The molecule has 0 aromatic rings. The molecular weight excluding hydrogens is 196 g/mol. The van der Waals surface area contributed by atoms with Gasteiger partial charge in [-0.25, -0.2) is 0 Å². The minimum atomic E-state index is -3.13. The van der Waals surface area contributed by atoms with Gasteiger partial charge in [0.1, 0.15) is 0 Å². The quantitative estimate of drug-likeness (QED) is 0.248. The van der Waals surface area contributed by atoms with Crippen LogP contribution in [0.4, 0.5) is 0 Å². The molecule has 54 valence electrons. The Bertz CT molecular complexity index is 71.1. The summed E-state index contributed by atoms with van der Waals surface area (Å²) in [5.74, 6) is 0. The third kappa shape index (κ3) is 482. The Morgan fingerprint density at radius 1 is 1.22 bits per heavy atom. The SMILES string of the molecule is O=S(O)O.O=[Si](O)O.[CaH2]. The van der Waals surface area contributed by atoms with Crippen molar-refractivity contribution in [2.75, 3.05) is 0 Å². The average Bonchev–Trinajstić information content (AvgIpc) is 1.25. The van der Waals surface area contributed by atoms with Crippen LogP contribution in [0.1, 0.15) is 0 Å². The van der Waals surface area contributed by atoms with Crippen molar-refractivity contribution < 1.29 is 27.4 Å². The minimum absolute atomic E-state index is 0. The van der Waals surface area contributed by atoms with Gasteiger partial charge in [-0.3, -0.25) is 13.6 Å². The molecular formula is H6CaO6SSi. The van der Waals surface area contributed by atoms with Gasteiger partial charge in [-0.1, -0.05) is 0 Å². The summed E-state index contributed by atoms with van der Waals surface area (Å²) in [5.41, 5.74) is 0. The van der Waals surface area contributed by atoms with Gasteiger partial charge < -0.3 is 9.59 Å². The predicted molar refractivity (Wildman–Crippen MR) is 32.8 cm³/mol. The fourth-order valence-corrected chi connectivity index (χ4v) is 0. The normalized spacial score (nSPS) is 6.56. The van der Waals surface area contributed by atoms with E-state index in [0.29, 0.717) is 0 Å². The zero-order valence-electron chi connectivity index (χ0n) is 3.51. The second-order valence-electron chi connectivity index (χ2n) is 0.513. The molecule has 0 saturated heterocycles. The second kappa shape index (κ2) is 11.7. The molecule has 0 aromatic carbocycles. The second-order valence-corrected chi connectivity index (χ2v) is 1.54. The van der Waals surface area contributed by atoms with Gasteiger partial charge in [0.05, 0.1) is 0 Å². The molecule has 0 heterocycles. The van der Waals surface area contributed by atoms with Gasteiger partial charge in [0.15, 0.2) is 0 Å². The molecule has 9 heteroatoms. The van der Waals surface area contributed by atoms with Crippen molar-refractivity contribution >= 4 is 58.3 Å². The van der Waals surface area contributed by atoms with E-state index in [-0.39, 0.29) is 37.7 Å². The zero-order chi connectivity index (χ0) is 7.15. The fourth-order valence-electron chi connectivity index (χ4n) is 0. The predicted octanol–water partition coefficient (Wildman–Crippen LogP) is -2.85. The van der Waals surface area contributed by atoms with Crippen molar-refractivity contribution in [3.63, 3.8) is 0 Å².